The van der Waals surface area contributed by atoms with Crippen LogP contribution in [0.3, 0.4) is 0 Å². The summed E-state index contributed by atoms with van der Waals surface area (Å²) in [4.78, 5) is 12.8. The smallest absolute Gasteiger partial charge is 0.293 e. The number of nitro groups is 1. The first kappa shape index (κ1) is 18.1. The van der Waals surface area contributed by atoms with E-state index in [2.05, 4.69) is 10.2 Å². The molecule has 0 radical (unpaired) electrons. The number of hydrogen-bond donors (Lipinski definition) is 2. The summed E-state index contributed by atoms with van der Waals surface area (Å²) in [5, 5.41) is 19.4. The number of ether oxygens (including phenoxy) is 1. The van der Waals surface area contributed by atoms with Crippen molar-refractivity contribution in [3.8, 4) is 0 Å². The highest BCUT2D eigenvalue weighted by Crippen LogP contribution is 2.28. The van der Waals surface area contributed by atoms with Crippen molar-refractivity contribution in [3.63, 3.8) is 0 Å². The largest absolute Gasteiger partial charge is 0.379 e. The Morgan fingerprint density at radius 2 is 2.00 bits per heavy atom. The van der Waals surface area contributed by atoms with Crippen molar-refractivity contribution in [2.24, 2.45) is 11.1 Å². The van der Waals surface area contributed by atoms with Gasteiger partial charge in [0, 0.05) is 12.6 Å². The van der Waals surface area contributed by atoms with Gasteiger partial charge < -0.3 is 10.1 Å². The van der Waals surface area contributed by atoms with E-state index < -0.39 is 14.9 Å². The van der Waals surface area contributed by atoms with E-state index in [9.17, 15) is 18.5 Å². The highest BCUT2D eigenvalue weighted by atomic mass is 32.2. The molecule has 3 rings (SSSR count). The molecule has 10 heteroatoms. The van der Waals surface area contributed by atoms with Gasteiger partial charge >= 0.3 is 0 Å². The SMILES string of the molecule is NS(=O)(=O)c1ccc(NCC2CCN(C3COC3)CC2)c([N+](=O)[O-])c1. The van der Waals surface area contributed by atoms with Crippen LogP contribution in [-0.4, -0.2) is 57.1 Å². The summed E-state index contributed by atoms with van der Waals surface area (Å²) in [5.41, 5.74) is 0.0304. The zero-order valence-corrected chi connectivity index (χ0v) is 14.6. The molecule has 2 aliphatic heterocycles. The highest BCUT2D eigenvalue weighted by molar-refractivity contribution is 7.89. The third kappa shape index (κ3) is 4.27. The normalized spacial score (nSPS) is 20.2. The van der Waals surface area contributed by atoms with Crippen LogP contribution in [0.4, 0.5) is 11.4 Å². The Bertz CT molecular complexity index is 742. The van der Waals surface area contributed by atoms with E-state index in [4.69, 9.17) is 9.88 Å². The Morgan fingerprint density at radius 1 is 1.32 bits per heavy atom. The van der Waals surface area contributed by atoms with Gasteiger partial charge in [-0.25, -0.2) is 13.6 Å². The van der Waals surface area contributed by atoms with Gasteiger partial charge in [0.25, 0.3) is 5.69 Å². The van der Waals surface area contributed by atoms with Gasteiger partial charge in [0.15, 0.2) is 0 Å². The van der Waals surface area contributed by atoms with E-state index in [-0.39, 0.29) is 10.6 Å². The number of nitrogens with one attached hydrogen (secondary N) is 1. The average Bonchev–Trinajstić information content (AvgIpc) is 2.51. The molecule has 1 aromatic carbocycles. The Hall–Kier alpha value is -1.75. The predicted octanol–water partition coefficient (Wildman–Crippen LogP) is 0.765. The van der Waals surface area contributed by atoms with Crippen LogP contribution in [0.5, 0.6) is 0 Å². The number of nitrogens with two attached hydrogens (primary N) is 1. The standard InChI is InChI=1S/C15H22N4O5S/c16-25(22,23)13-1-2-14(15(7-13)19(20)21)17-8-11-3-5-18(6-4-11)12-9-24-10-12/h1-2,7,11-12,17H,3-6,8-10H2,(H2,16,22,23). The van der Waals surface area contributed by atoms with Crippen LogP contribution >= 0.6 is 0 Å². The molecule has 0 unspecified atom stereocenters. The predicted molar refractivity (Wildman–Crippen MR) is 91.9 cm³/mol. The molecule has 0 atom stereocenters. The fourth-order valence-corrected chi connectivity index (χ4v) is 3.73. The van der Waals surface area contributed by atoms with Crippen molar-refractivity contribution < 1.29 is 18.1 Å². The number of sulfonamides is 1. The van der Waals surface area contributed by atoms with E-state index in [0.29, 0.717) is 24.2 Å². The van der Waals surface area contributed by atoms with Gasteiger partial charge in [0.1, 0.15) is 5.69 Å². The van der Waals surface area contributed by atoms with Gasteiger partial charge in [0.2, 0.25) is 10.0 Å². The van der Waals surface area contributed by atoms with Gasteiger partial charge in [-0.1, -0.05) is 0 Å². The first-order valence-electron chi connectivity index (χ1n) is 8.21. The number of primary sulfonamides is 1. The number of piperidine rings is 1. The minimum atomic E-state index is -3.97. The second-order valence-corrected chi connectivity index (χ2v) is 8.09. The van der Waals surface area contributed by atoms with Crippen LogP contribution in [-0.2, 0) is 14.8 Å². The molecule has 2 saturated heterocycles. The van der Waals surface area contributed by atoms with Gasteiger partial charge in [-0.15, -0.1) is 0 Å². The molecule has 1 aromatic rings. The second-order valence-electron chi connectivity index (χ2n) is 6.53. The topological polar surface area (TPSA) is 128 Å². The van der Waals surface area contributed by atoms with Gasteiger partial charge in [-0.3, -0.25) is 15.0 Å². The number of nitrogens with zero attached hydrogens (tertiary/aromatic N) is 2. The Labute approximate surface area is 146 Å². The van der Waals surface area contributed by atoms with Crippen molar-refractivity contribution >= 4 is 21.4 Å². The Morgan fingerprint density at radius 3 is 2.52 bits per heavy atom. The maximum atomic E-state index is 11.4. The lowest BCUT2D eigenvalue weighted by molar-refractivity contribution is -0.384. The summed E-state index contributed by atoms with van der Waals surface area (Å²) < 4.78 is 27.9. The molecule has 138 valence electrons. The van der Waals surface area contributed by atoms with E-state index >= 15 is 0 Å². The number of benzene rings is 1. The molecule has 0 spiro atoms. The molecule has 2 heterocycles. The van der Waals surface area contributed by atoms with Crippen molar-refractivity contribution in [3.05, 3.63) is 28.3 Å². The molecule has 9 nitrogen and oxygen atoms in total. The number of nitro benzene ring substituents is 1. The molecule has 0 aromatic heterocycles. The summed E-state index contributed by atoms with van der Waals surface area (Å²) >= 11 is 0. The first-order chi connectivity index (χ1) is 11.8. The van der Waals surface area contributed by atoms with E-state index in [1.165, 1.54) is 12.1 Å². The van der Waals surface area contributed by atoms with E-state index in [0.717, 1.165) is 45.2 Å². The molecular formula is C15H22N4O5S. The summed E-state index contributed by atoms with van der Waals surface area (Å²) in [6.45, 7) is 4.25. The average molecular weight is 370 g/mol. The van der Waals surface area contributed by atoms with Crippen LogP contribution in [0.2, 0.25) is 0 Å². The molecule has 2 aliphatic rings. The van der Waals surface area contributed by atoms with Gasteiger partial charge in [0.05, 0.1) is 29.1 Å². The lowest BCUT2D eigenvalue weighted by atomic mass is 9.95. The minimum Gasteiger partial charge on any atom is -0.379 e. The van der Waals surface area contributed by atoms with Crippen molar-refractivity contribution in [1.82, 2.24) is 4.90 Å². The monoisotopic (exact) mass is 370 g/mol. The van der Waals surface area contributed by atoms with Gasteiger partial charge in [-0.2, -0.15) is 0 Å². The number of rotatable bonds is 6. The summed E-state index contributed by atoms with van der Waals surface area (Å²) in [7, 11) is -3.97. The molecule has 2 fully saturated rings. The quantitative estimate of drug-likeness (QED) is 0.559. The molecule has 3 N–H and O–H groups in total. The molecule has 0 aliphatic carbocycles. The van der Waals surface area contributed by atoms with Crippen LogP contribution in [0.15, 0.2) is 23.1 Å². The van der Waals surface area contributed by atoms with Gasteiger partial charge in [-0.05, 0) is 44.0 Å². The third-order valence-electron chi connectivity index (χ3n) is 4.86. The number of anilines is 1. The molecule has 0 bridgehead atoms. The zero-order chi connectivity index (χ0) is 18.0. The van der Waals surface area contributed by atoms with E-state index in [1.54, 1.807) is 0 Å². The summed E-state index contributed by atoms with van der Waals surface area (Å²) in [5.74, 6) is 0.426. The van der Waals surface area contributed by atoms with Crippen LogP contribution in [0.25, 0.3) is 0 Å². The van der Waals surface area contributed by atoms with Crippen LogP contribution < -0.4 is 10.5 Å². The summed E-state index contributed by atoms with van der Waals surface area (Å²) in [6, 6.07) is 4.22. The van der Waals surface area contributed by atoms with Crippen LogP contribution in [0, 0.1) is 16.0 Å². The lowest BCUT2D eigenvalue weighted by Crippen LogP contribution is -2.52. The van der Waals surface area contributed by atoms with Crippen LogP contribution in [0.1, 0.15) is 12.8 Å². The van der Waals surface area contributed by atoms with Crippen molar-refractivity contribution in [1.29, 1.82) is 0 Å². The molecule has 0 saturated carbocycles. The second kappa shape index (κ2) is 7.24. The minimum absolute atomic E-state index is 0.263. The first-order valence-corrected chi connectivity index (χ1v) is 9.76. The fourth-order valence-electron chi connectivity index (χ4n) is 3.20. The zero-order valence-electron chi connectivity index (χ0n) is 13.8. The Balaban J connectivity index is 1.60. The molecular weight excluding hydrogens is 348 g/mol. The Kier molecular flexibility index (Phi) is 5.23. The third-order valence-corrected chi connectivity index (χ3v) is 5.77. The maximum absolute atomic E-state index is 11.4. The number of likely N-dealkylation sites (tertiary alicyclic amines) is 1. The maximum Gasteiger partial charge on any atom is 0.293 e. The van der Waals surface area contributed by atoms with Crippen molar-refractivity contribution in [2.45, 2.75) is 23.8 Å². The molecule has 25 heavy (non-hydrogen) atoms. The van der Waals surface area contributed by atoms with E-state index in [1.807, 2.05) is 0 Å². The summed E-state index contributed by atoms with van der Waals surface area (Å²) in [6.07, 6.45) is 2.04. The lowest BCUT2D eigenvalue weighted by Gasteiger charge is -2.41. The van der Waals surface area contributed by atoms with Crippen molar-refractivity contribution in [2.75, 3.05) is 38.2 Å². The molecule has 0 amide bonds. The number of hydrogen-bond acceptors (Lipinski definition) is 7. The fraction of sp³-hybridized carbons (Fsp3) is 0.600. The highest BCUT2D eigenvalue weighted by Gasteiger charge is 2.29.